The summed E-state index contributed by atoms with van der Waals surface area (Å²) in [7, 11) is 0. The van der Waals surface area contributed by atoms with Crippen LogP contribution in [0.5, 0.6) is 0 Å². The van der Waals surface area contributed by atoms with Gasteiger partial charge < -0.3 is 16.0 Å². The lowest BCUT2D eigenvalue weighted by molar-refractivity contribution is -0.116. The van der Waals surface area contributed by atoms with Crippen LogP contribution >= 0.6 is 46.6 Å². The number of rotatable bonds is 10. The lowest BCUT2D eigenvalue weighted by Gasteiger charge is -2.18. The Hall–Kier alpha value is -4.53. The lowest BCUT2D eigenvalue weighted by Crippen LogP contribution is -2.30. The molecule has 0 aliphatic heterocycles. The van der Waals surface area contributed by atoms with E-state index in [0.717, 1.165) is 10.5 Å². The second-order valence-electron chi connectivity index (χ2n) is 9.93. The normalized spacial score (nSPS) is 11.8. The summed E-state index contributed by atoms with van der Waals surface area (Å²) in [5, 5.41) is 9.22. The second kappa shape index (κ2) is 15.7. The van der Waals surface area contributed by atoms with Gasteiger partial charge in [-0.15, -0.1) is 11.8 Å². The van der Waals surface area contributed by atoms with Crippen LogP contribution in [0.1, 0.15) is 26.7 Å². The van der Waals surface area contributed by atoms with E-state index in [-0.39, 0.29) is 11.6 Å². The van der Waals surface area contributed by atoms with Gasteiger partial charge in [0.15, 0.2) is 0 Å². The van der Waals surface area contributed by atoms with E-state index >= 15 is 0 Å². The fourth-order valence-electron chi connectivity index (χ4n) is 4.31. The summed E-state index contributed by atoms with van der Waals surface area (Å²) >= 11 is 19.8. The van der Waals surface area contributed by atoms with E-state index in [0.29, 0.717) is 37.6 Å². The Morgan fingerprint density at radius 2 is 1.30 bits per heavy atom. The number of amides is 3. The minimum Gasteiger partial charge on any atom is -0.323 e. The molecule has 230 valence electrons. The van der Waals surface area contributed by atoms with Crippen LogP contribution in [0.2, 0.25) is 15.1 Å². The highest BCUT2D eigenvalue weighted by atomic mass is 35.5. The van der Waals surface area contributed by atoms with E-state index < -0.39 is 17.1 Å². The Morgan fingerprint density at radius 1 is 0.674 bits per heavy atom. The van der Waals surface area contributed by atoms with Crippen LogP contribution in [0, 0.1) is 0 Å². The summed E-state index contributed by atoms with van der Waals surface area (Å²) in [5.41, 5.74) is 2.85. The third kappa shape index (κ3) is 9.02. The molecule has 0 heterocycles. The molecule has 0 saturated carbocycles. The number of carbonyl (C=O) groups excluding carboxylic acids is 3. The van der Waals surface area contributed by atoms with Gasteiger partial charge in [-0.25, -0.2) is 0 Å². The van der Waals surface area contributed by atoms with Gasteiger partial charge in [-0.1, -0.05) is 95.5 Å². The quantitative estimate of drug-likeness (QED) is 0.101. The molecule has 3 amide bonds. The van der Waals surface area contributed by atoms with Crippen LogP contribution in [-0.2, 0) is 9.59 Å². The topological polar surface area (TPSA) is 87.3 Å². The molecule has 3 N–H and O–H groups in total. The molecule has 46 heavy (non-hydrogen) atoms. The first kappa shape index (κ1) is 32.9. The molecule has 1 atom stereocenters. The van der Waals surface area contributed by atoms with Crippen LogP contribution < -0.4 is 16.0 Å². The van der Waals surface area contributed by atoms with Crippen LogP contribution in [-0.4, -0.2) is 17.7 Å². The molecule has 10 heteroatoms. The Balaban J connectivity index is 1.33. The monoisotopic (exact) mass is 685 g/mol. The molecule has 1 unspecified atom stereocenters. The Morgan fingerprint density at radius 3 is 1.98 bits per heavy atom. The summed E-state index contributed by atoms with van der Waals surface area (Å²) < 4.78 is 0. The molecule has 0 spiro atoms. The SMILES string of the molecule is O=C(Nc1ccc(SC(C(=O)Nc2cc(Cl)ccc2Cl)c2ccccc2)cc1)/C(=C/c1ccc(Cl)cc1)NC(=O)c1ccccc1. The van der Waals surface area contributed by atoms with Crippen molar-refractivity contribution in [3.63, 3.8) is 0 Å². The Labute approximate surface area is 285 Å². The van der Waals surface area contributed by atoms with Crippen molar-refractivity contribution in [2.75, 3.05) is 10.6 Å². The van der Waals surface area contributed by atoms with Gasteiger partial charge in [-0.05, 0) is 83.9 Å². The average molecular weight is 687 g/mol. The standard InChI is InChI=1S/C36H26Cl3N3O3S/c37-26-13-11-23(12-14-26)21-32(42-34(43)25-9-5-2-6-10-25)35(44)40-28-16-18-29(19-17-28)46-33(24-7-3-1-4-8-24)36(45)41-31-22-27(38)15-20-30(31)39/h1-22,33H,(H,40,44)(H,41,45)(H,42,43)/b32-21-. The molecular formula is C36H26Cl3N3O3S. The Kier molecular flexibility index (Phi) is 11.2. The molecule has 0 radical (unpaired) electrons. The van der Waals surface area contributed by atoms with E-state index in [1.165, 1.54) is 11.8 Å². The minimum atomic E-state index is -0.612. The van der Waals surface area contributed by atoms with Crippen molar-refractivity contribution in [2.45, 2.75) is 10.1 Å². The summed E-state index contributed by atoms with van der Waals surface area (Å²) in [6.45, 7) is 0. The van der Waals surface area contributed by atoms with Crippen LogP contribution in [0.3, 0.4) is 0 Å². The molecule has 0 aromatic heterocycles. The summed E-state index contributed by atoms with van der Waals surface area (Å²) in [6, 6.07) is 36.8. The van der Waals surface area contributed by atoms with Gasteiger partial charge in [0.2, 0.25) is 5.91 Å². The number of nitrogens with one attached hydrogen (secondary N) is 3. The number of benzene rings is 5. The summed E-state index contributed by atoms with van der Waals surface area (Å²) in [5.74, 6) is -1.21. The maximum absolute atomic E-state index is 13.5. The highest BCUT2D eigenvalue weighted by Crippen LogP contribution is 2.37. The first-order valence-electron chi connectivity index (χ1n) is 14.0. The maximum Gasteiger partial charge on any atom is 0.272 e. The summed E-state index contributed by atoms with van der Waals surface area (Å²) in [6.07, 6.45) is 1.58. The van der Waals surface area contributed by atoms with Gasteiger partial charge in [-0.2, -0.15) is 0 Å². The van der Waals surface area contributed by atoms with Crippen molar-refractivity contribution in [1.82, 2.24) is 5.32 Å². The molecule has 5 aromatic rings. The van der Waals surface area contributed by atoms with Gasteiger partial charge in [0.25, 0.3) is 11.8 Å². The van der Waals surface area contributed by atoms with Crippen molar-refractivity contribution >= 4 is 81.7 Å². The third-order valence-electron chi connectivity index (χ3n) is 6.60. The fourth-order valence-corrected chi connectivity index (χ4v) is 5.80. The largest absolute Gasteiger partial charge is 0.323 e. The van der Waals surface area contributed by atoms with Gasteiger partial charge in [-0.3, -0.25) is 14.4 Å². The van der Waals surface area contributed by atoms with E-state index in [2.05, 4.69) is 16.0 Å². The number of anilines is 2. The third-order valence-corrected chi connectivity index (χ3v) is 8.69. The first-order chi connectivity index (χ1) is 22.2. The smallest absolute Gasteiger partial charge is 0.272 e. The highest BCUT2D eigenvalue weighted by Gasteiger charge is 2.23. The van der Waals surface area contributed by atoms with Gasteiger partial charge >= 0.3 is 0 Å². The van der Waals surface area contributed by atoms with Crippen molar-refractivity contribution in [3.05, 3.63) is 165 Å². The molecule has 0 bridgehead atoms. The van der Waals surface area contributed by atoms with Crippen LogP contribution in [0.4, 0.5) is 11.4 Å². The van der Waals surface area contributed by atoms with Gasteiger partial charge in [0.1, 0.15) is 10.9 Å². The van der Waals surface area contributed by atoms with Crippen LogP contribution in [0.25, 0.3) is 6.08 Å². The van der Waals surface area contributed by atoms with Crippen molar-refractivity contribution in [2.24, 2.45) is 0 Å². The molecule has 6 nitrogen and oxygen atoms in total. The highest BCUT2D eigenvalue weighted by molar-refractivity contribution is 8.00. The average Bonchev–Trinajstić information content (AvgIpc) is 3.07. The number of halogens is 3. The number of hydrogen-bond donors (Lipinski definition) is 3. The molecule has 0 fully saturated rings. The van der Waals surface area contributed by atoms with Crippen molar-refractivity contribution in [3.8, 4) is 0 Å². The zero-order valence-corrected chi connectivity index (χ0v) is 27.1. The predicted octanol–water partition coefficient (Wildman–Crippen LogP) is 9.53. The Bertz CT molecular complexity index is 1870. The fraction of sp³-hybridized carbons (Fsp3) is 0.0278. The zero-order chi connectivity index (χ0) is 32.5. The van der Waals surface area contributed by atoms with Crippen molar-refractivity contribution in [1.29, 1.82) is 0 Å². The van der Waals surface area contributed by atoms with E-state index in [1.807, 2.05) is 30.3 Å². The molecule has 0 aliphatic carbocycles. The number of thioether (sulfide) groups is 1. The minimum absolute atomic E-state index is 0.0510. The van der Waals surface area contributed by atoms with Crippen molar-refractivity contribution < 1.29 is 14.4 Å². The molecule has 0 aliphatic rings. The van der Waals surface area contributed by atoms with Crippen LogP contribution in [0.15, 0.2) is 138 Å². The van der Waals surface area contributed by atoms with E-state index in [1.54, 1.807) is 103 Å². The number of carbonyl (C=O) groups is 3. The molecule has 5 aromatic carbocycles. The number of hydrogen-bond acceptors (Lipinski definition) is 4. The molecular weight excluding hydrogens is 661 g/mol. The van der Waals surface area contributed by atoms with E-state index in [4.69, 9.17) is 34.8 Å². The lowest BCUT2D eigenvalue weighted by atomic mass is 10.1. The maximum atomic E-state index is 13.5. The zero-order valence-electron chi connectivity index (χ0n) is 24.0. The molecule has 5 rings (SSSR count). The van der Waals surface area contributed by atoms with E-state index in [9.17, 15) is 14.4 Å². The second-order valence-corrected chi connectivity index (χ2v) is 12.4. The van der Waals surface area contributed by atoms with Gasteiger partial charge in [0, 0.05) is 26.2 Å². The predicted molar refractivity (Wildman–Crippen MR) is 189 cm³/mol. The van der Waals surface area contributed by atoms with Gasteiger partial charge in [0.05, 0.1) is 10.7 Å². The molecule has 0 saturated heterocycles. The first-order valence-corrected chi connectivity index (χ1v) is 16.0. The summed E-state index contributed by atoms with van der Waals surface area (Å²) in [4.78, 5) is 40.6.